The van der Waals surface area contributed by atoms with Gasteiger partial charge >= 0.3 is 0 Å². The van der Waals surface area contributed by atoms with Crippen LogP contribution < -0.4 is 4.74 Å². The summed E-state index contributed by atoms with van der Waals surface area (Å²) in [7, 11) is 1.45. The summed E-state index contributed by atoms with van der Waals surface area (Å²) in [6.45, 7) is 0. The molecule has 0 fully saturated rings. The molecule has 0 saturated heterocycles. The van der Waals surface area contributed by atoms with E-state index < -0.39 is 0 Å². The minimum Gasteiger partial charge on any atom is -0.495 e. The minimum atomic E-state index is -0.362. The van der Waals surface area contributed by atoms with Gasteiger partial charge in [-0.15, -0.1) is 0 Å². The van der Waals surface area contributed by atoms with E-state index in [1.807, 2.05) is 0 Å². The zero-order valence-corrected chi connectivity index (χ0v) is 9.43. The number of aldehydes is 1. The molecule has 15 heavy (non-hydrogen) atoms. The Bertz CT molecular complexity index is 402. The van der Waals surface area contributed by atoms with Crippen molar-refractivity contribution in [2.75, 3.05) is 7.11 Å². The fourth-order valence-electron chi connectivity index (χ4n) is 1.08. The molecule has 0 atom stereocenters. The molecule has 0 aliphatic carbocycles. The highest BCUT2D eigenvalue weighted by atomic mass is 35.5. The average molecular weight is 247 g/mol. The molecule has 0 spiro atoms. The van der Waals surface area contributed by atoms with Crippen LogP contribution in [0.4, 0.5) is 0 Å². The Kier molecular flexibility index (Phi) is 4.12. The molecular formula is C10H8Cl2O3. The maximum absolute atomic E-state index is 11.4. The van der Waals surface area contributed by atoms with Crippen molar-refractivity contribution in [3.63, 3.8) is 0 Å². The van der Waals surface area contributed by atoms with E-state index in [9.17, 15) is 9.59 Å². The molecule has 0 amide bonds. The first-order chi connectivity index (χ1) is 7.10. The van der Waals surface area contributed by atoms with E-state index in [0.29, 0.717) is 12.0 Å². The molecule has 5 heteroatoms. The van der Waals surface area contributed by atoms with Crippen molar-refractivity contribution in [2.45, 2.75) is 6.42 Å². The van der Waals surface area contributed by atoms with Gasteiger partial charge in [0, 0.05) is 11.6 Å². The quantitative estimate of drug-likeness (QED) is 0.466. The van der Waals surface area contributed by atoms with Crippen LogP contribution in [0.15, 0.2) is 12.1 Å². The first kappa shape index (κ1) is 12.0. The lowest BCUT2D eigenvalue weighted by Gasteiger charge is -2.06. The molecule has 80 valence electrons. The number of rotatable bonds is 4. The summed E-state index contributed by atoms with van der Waals surface area (Å²) in [6, 6.07) is 2.84. The average Bonchev–Trinajstić information content (AvgIpc) is 2.21. The van der Waals surface area contributed by atoms with Crippen molar-refractivity contribution in [3.8, 4) is 5.75 Å². The zero-order chi connectivity index (χ0) is 11.4. The van der Waals surface area contributed by atoms with Crippen molar-refractivity contribution < 1.29 is 14.3 Å². The van der Waals surface area contributed by atoms with E-state index >= 15 is 0 Å². The lowest BCUT2D eigenvalue weighted by Crippen LogP contribution is -2.01. The molecular weight excluding hydrogens is 239 g/mol. The predicted octanol–water partition coefficient (Wildman–Crippen LogP) is 2.77. The molecule has 3 nitrogen and oxygen atoms in total. The highest BCUT2D eigenvalue weighted by Crippen LogP contribution is 2.31. The van der Waals surface area contributed by atoms with Crippen LogP contribution in [0.1, 0.15) is 16.8 Å². The molecule has 0 radical (unpaired) electrons. The van der Waals surface area contributed by atoms with Gasteiger partial charge in [0.2, 0.25) is 0 Å². The van der Waals surface area contributed by atoms with Crippen LogP contribution in [0.2, 0.25) is 10.0 Å². The van der Waals surface area contributed by atoms with Crippen molar-refractivity contribution in [1.29, 1.82) is 0 Å². The number of methoxy groups -OCH3 is 1. The largest absolute Gasteiger partial charge is 0.495 e. The minimum absolute atomic E-state index is 0.206. The smallest absolute Gasteiger partial charge is 0.171 e. The summed E-state index contributed by atoms with van der Waals surface area (Å²) in [5.41, 5.74) is 0.231. The molecule has 0 aromatic heterocycles. The van der Waals surface area contributed by atoms with E-state index in [1.54, 1.807) is 0 Å². The highest BCUT2D eigenvalue weighted by molar-refractivity contribution is 6.37. The molecule has 0 heterocycles. The fraction of sp³-hybridized carbons (Fsp3) is 0.200. The Balaban J connectivity index is 3.15. The molecule has 0 saturated carbocycles. The number of carbonyl (C=O) groups excluding carboxylic acids is 2. The van der Waals surface area contributed by atoms with Gasteiger partial charge in [-0.25, -0.2) is 0 Å². The number of carbonyl (C=O) groups is 2. The molecule has 0 aliphatic heterocycles. The third-order valence-corrected chi connectivity index (χ3v) is 2.42. The number of ether oxygens (including phenoxy) is 1. The molecule has 1 aromatic carbocycles. The Morgan fingerprint density at radius 1 is 1.40 bits per heavy atom. The monoisotopic (exact) mass is 246 g/mol. The van der Waals surface area contributed by atoms with Gasteiger partial charge in [0.15, 0.2) is 5.78 Å². The Morgan fingerprint density at radius 2 is 2.07 bits per heavy atom. The van der Waals surface area contributed by atoms with Gasteiger partial charge in [0.1, 0.15) is 12.0 Å². The van der Waals surface area contributed by atoms with Gasteiger partial charge < -0.3 is 9.53 Å². The van der Waals surface area contributed by atoms with Crippen LogP contribution in [-0.2, 0) is 4.79 Å². The van der Waals surface area contributed by atoms with E-state index in [1.165, 1.54) is 19.2 Å². The number of hydrogen-bond donors (Lipinski definition) is 0. The summed E-state index contributed by atoms with van der Waals surface area (Å²) in [6.07, 6.45) is 0.319. The van der Waals surface area contributed by atoms with Crippen LogP contribution in [0.3, 0.4) is 0 Å². The third kappa shape index (κ3) is 2.70. The van der Waals surface area contributed by atoms with E-state index in [0.717, 1.165) is 0 Å². The van der Waals surface area contributed by atoms with Crippen molar-refractivity contribution in [3.05, 3.63) is 27.7 Å². The molecule has 0 aliphatic rings. The van der Waals surface area contributed by atoms with Gasteiger partial charge in [-0.1, -0.05) is 23.2 Å². The van der Waals surface area contributed by atoms with Crippen LogP contribution in [0, 0.1) is 0 Å². The lowest BCUT2D eigenvalue weighted by molar-refractivity contribution is -0.107. The second kappa shape index (κ2) is 5.14. The van der Waals surface area contributed by atoms with Gasteiger partial charge in [-0.2, -0.15) is 0 Å². The first-order valence-corrected chi connectivity index (χ1v) is 4.85. The maximum Gasteiger partial charge on any atom is 0.171 e. The molecule has 0 unspecified atom stereocenters. The fourth-order valence-corrected chi connectivity index (χ4v) is 1.58. The van der Waals surface area contributed by atoms with E-state index in [4.69, 9.17) is 27.9 Å². The van der Waals surface area contributed by atoms with E-state index in [2.05, 4.69) is 0 Å². The molecule has 0 bridgehead atoms. The summed E-state index contributed by atoms with van der Waals surface area (Å²) < 4.78 is 4.92. The normalized spacial score (nSPS) is 9.80. The van der Waals surface area contributed by atoms with Crippen molar-refractivity contribution in [1.82, 2.24) is 0 Å². The standard InChI is InChI=1S/C10H8Cl2O3/c1-15-10-5-7(11)6(4-8(10)12)9(14)2-3-13/h3-5H,2H2,1H3. The number of ketones is 1. The summed E-state index contributed by atoms with van der Waals surface area (Å²) in [5, 5.41) is 0.513. The Hall–Kier alpha value is -1.06. The second-order valence-electron chi connectivity index (χ2n) is 2.76. The molecule has 1 aromatic rings. The third-order valence-electron chi connectivity index (χ3n) is 1.81. The van der Waals surface area contributed by atoms with Crippen molar-refractivity contribution in [2.24, 2.45) is 0 Å². The van der Waals surface area contributed by atoms with Crippen LogP contribution >= 0.6 is 23.2 Å². The maximum atomic E-state index is 11.4. The highest BCUT2D eigenvalue weighted by Gasteiger charge is 2.13. The Morgan fingerprint density at radius 3 is 2.60 bits per heavy atom. The Labute approximate surface area is 96.9 Å². The SMILES string of the molecule is COc1cc(Cl)c(C(=O)CC=O)cc1Cl. The lowest BCUT2D eigenvalue weighted by atomic mass is 10.1. The van der Waals surface area contributed by atoms with Gasteiger partial charge in [-0.3, -0.25) is 4.79 Å². The van der Waals surface area contributed by atoms with Crippen LogP contribution in [0.25, 0.3) is 0 Å². The summed E-state index contributed by atoms with van der Waals surface area (Å²) in [5.74, 6) is 0.0314. The van der Waals surface area contributed by atoms with Gasteiger partial charge in [0.25, 0.3) is 0 Å². The number of Topliss-reactive ketones (excluding diaryl/α,β-unsaturated/α-hetero) is 1. The number of benzene rings is 1. The number of halogens is 2. The summed E-state index contributed by atoms with van der Waals surface area (Å²) in [4.78, 5) is 21.6. The van der Waals surface area contributed by atoms with Crippen molar-refractivity contribution >= 4 is 35.3 Å². The second-order valence-corrected chi connectivity index (χ2v) is 3.57. The van der Waals surface area contributed by atoms with Gasteiger partial charge in [-0.05, 0) is 6.07 Å². The number of hydrogen-bond acceptors (Lipinski definition) is 3. The van der Waals surface area contributed by atoms with Crippen LogP contribution in [-0.4, -0.2) is 19.2 Å². The predicted molar refractivity (Wildman–Crippen MR) is 58.0 cm³/mol. The topological polar surface area (TPSA) is 43.4 Å². The van der Waals surface area contributed by atoms with E-state index in [-0.39, 0.29) is 27.8 Å². The summed E-state index contributed by atoms with van der Waals surface area (Å²) >= 11 is 11.7. The van der Waals surface area contributed by atoms with Crippen LogP contribution in [0.5, 0.6) is 5.75 Å². The first-order valence-electron chi connectivity index (χ1n) is 4.10. The molecule has 0 N–H and O–H groups in total. The van der Waals surface area contributed by atoms with Gasteiger partial charge in [0.05, 0.1) is 23.6 Å². The molecule has 1 rings (SSSR count). The zero-order valence-electron chi connectivity index (χ0n) is 7.92.